The van der Waals surface area contributed by atoms with Crippen LogP contribution in [0.1, 0.15) is 37.2 Å². The lowest BCUT2D eigenvalue weighted by Gasteiger charge is -2.23. The molecular formula is C18H27N5O2. The Morgan fingerprint density at radius 2 is 2.00 bits per heavy atom. The van der Waals surface area contributed by atoms with Gasteiger partial charge in [0.1, 0.15) is 5.82 Å². The third-order valence-corrected chi connectivity index (χ3v) is 4.93. The minimum absolute atomic E-state index is 0.187. The first-order valence-corrected chi connectivity index (χ1v) is 9.17. The molecule has 0 saturated carbocycles. The fraction of sp³-hybridized carbons (Fsp3) is 0.611. The Morgan fingerprint density at radius 1 is 1.16 bits per heavy atom. The van der Waals surface area contributed by atoms with Crippen LogP contribution >= 0.6 is 0 Å². The van der Waals surface area contributed by atoms with Crippen molar-refractivity contribution in [2.24, 2.45) is 5.92 Å². The molecule has 0 radical (unpaired) electrons. The van der Waals surface area contributed by atoms with Gasteiger partial charge in [0.25, 0.3) is 0 Å². The predicted molar refractivity (Wildman–Crippen MR) is 96.3 cm³/mol. The van der Waals surface area contributed by atoms with Crippen molar-refractivity contribution in [1.82, 2.24) is 20.9 Å². The molecule has 0 aromatic carbocycles. The molecule has 1 unspecified atom stereocenters. The van der Waals surface area contributed by atoms with E-state index in [1.807, 2.05) is 12.1 Å². The van der Waals surface area contributed by atoms with Crippen molar-refractivity contribution in [3.63, 3.8) is 0 Å². The summed E-state index contributed by atoms with van der Waals surface area (Å²) in [6, 6.07) is 3.76. The summed E-state index contributed by atoms with van der Waals surface area (Å²) in [4.78, 5) is 27.6. The number of anilines is 1. The van der Waals surface area contributed by atoms with Crippen LogP contribution in [0.15, 0.2) is 18.3 Å². The van der Waals surface area contributed by atoms with E-state index >= 15 is 0 Å². The van der Waals surface area contributed by atoms with Gasteiger partial charge in [-0.15, -0.1) is 0 Å². The fourth-order valence-corrected chi connectivity index (χ4v) is 3.44. The number of piperidine rings is 2. The van der Waals surface area contributed by atoms with Gasteiger partial charge in [-0.1, -0.05) is 0 Å². The molecule has 4 N–H and O–H groups in total. The number of carbonyl (C=O) groups excluding carboxylic acids is 2. The quantitative estimate of drug-likeness (QED) is 0.427. The van der Waals surface area contributed by atoms with Crippen molar-refractivity contribution in [1.29, 1.82) is 0 Å². The van der Waals surface area contributed by atoms with E-state index in [0.717, 1.165) is 50.0 Å². The maximum absolute atomic E-state index is 12.0. The lowest BCUT2D eigenvalue weighted by Crippen LogP contribution is -2.39. The van der Waals surface area contributed by atoms with Crippen LogP contribution in [-0.2, 0) is 9.59 Å². The number of rotatable bonds is 7. The number of hydrogen-bond acceptors (Lipinski definition) is 6. The van der Waals surface area contributed by atoms with Gasteiger partial charge in [-0.25, -0.2) is 4.98 Å². The summed E-state index contributed by atoms with van der Waals surface area (Å²) in [5, 5.41) is 12.6. The van der Waals surface area contributed by atoms with Crippen LogP contribution in [0.25, 0.3) is 0 Å². The zero-order chi connectivity index (χ0) is 17.5. The van der Waals surface area contributed by atoms with Crippen molar-refractivity contribution in [3.8, 4) is 0 Å². The number of imide groups is 1. The second-order valence-electron chi connectivity index (χ2n) is 6.80. The smallest absolute Gasteiger partial charge is 0.234 e. The van der Waals surface area contributed by atoms with E-state index in [1.54, 1.807) is 6.20 Å². The van der Waals surface area contributed by atoms with Crippen molar-refractivity contribution < 1.29 is 9.59 Å². The molecule has 7 nitrogen and oxygen atoms in total. The van der Waals surface area contributed by atoms with Gasteiger partial charge < -0.3 is 16.0 Å². The predicted octanol–water partition coefficient (Wildman–Crippen LogP) is 0.603. The number of aromatic nitrogens is 1. The van der Waals surface area contributed by atoms with Crippen molar-refractivity contribution in [2.75, 3.05) is 38.0 Å². The fourth-order valence-electron chi connectivity index (χ4n) is 3.44. The zero-order valence-electron chi connectivity index (χ0n) is 14.5. The maximum Gasteiger partial charge on any atom is 0.234 e. The summed E-state index contributed by atoms with van der Waals surface area (Å²) < 4.78 is 0. The lowest BCUT2D eigenvalue weighted by atomic mass is 9.91. The Balaban J connectivity index is 1.42. The highest BCUT2D eigenvalue weighted by Crippen LogP contribution is 2.25. The van der Waals surface area contributed by atoms with Crippen molar-refractivity contribution in [2.45, 2.75) is 31.6 Å². The summed E-state index contributed by atoms with van der Waals surface area (Å²) in [5.74, 6) is 0.880. The molecule has 2 fully saturated rings. The van der Waals surface area contributed by atoms with Crippen LogP contribution in [0.5, 0.6) is 0 Å². The highest BCUT2D eigenvalue weighted by molar-refractivity contribution is 6.00. The number of nitrogens with zero attached hydrogens (tertiary/aromatic N) is 1. The lowest BCUT2D eigenvalue weighted by molar-refractivity contribution is -0.134. The largest absolute Gasteiger partial charge is 0.369 e. The van der Waals surface area contributed by atoms with Gasteiger partial charge in [-0.3, -0.25) is 14.9 Å². The average molecular weight is 345 g/mol. The molecule has 1 aromatic heterocycles. The van der Waals surface area contributed by atoms with Gasteiger partial charge in [-0.05, 0) is 62.5 Å². The molecule has 2 amide bonds. The van der Waals surface area contributed by atoms with Crippen LogP contribution in [0, 0.1) is 5.92 Å². The van der Waals surface area contributed by atoms with Gasteiger partial charge in [0.2, 0.25) is 11.8 Å². The SMILES string of the molecule is O=C1CCC(c2ccnc(NCCNCC3CCNCC3)c2)C(=O)N1. The van der Waals surface area contributed by atoms with E-state index in [0.29, 0.717) is 12.8 Å². The molecule has 7 heteroatoms. The second-order valence-corrected chi connectivity index (χ2v) is 6.80. The van der Waals surface area contributed by atoms with E-state index in [2.05, 4.69) is 26.3 Å². The van der Waals surface area contributed by atoms with Gasteiger partial charge >= 0.3 is 0 Å². The Kier molecular flexibility index (Phi) is 6.36. The first-order valence-electron chi connectivity index (χ1n) is 9.17. The highest BCUT2D eigenvalue weighted by atomic mass is 16.2. The summed E-state index contributed by atoms with van der Waals surface area (Å²) >= 11 is 0. The van der Waals surface area contributed by atoms with Gasteiger partial charge in [0.15, 0.2) is 0 Å². The number of pyridine rings is 1. The van der Waals surface area contributed by atoms with Gasteiger partial charge in [0.05, 0.1) is 5.92 Å². The van der Waals surface area contributed by atoms with E-state index in [1.165, 1.54) is 12.8 Å². The number of carbonyl (C=O) groups is 2. The molecule has 0 aliphatic carbocycles. The van der Waals surface area contributed by atoms with E-state index < -0.39 is 0 Å². The molecule has 3 rings (SSSR count). The Bertz CT molecular complexity index is 601. The average Bonchev–Trinajstić information content (AvgIpc) is 2.62. The van der Waals surface area contributed by atoms with E-state index in [9.17, 15) is 9.59 Å². The summed E-state index contributed by atoms with van der Waals surface area (Å²) in [6.45, 7) is 4.99. The second kappa shape index (κ2) is 8.92. The topological polar surface area (TPSA) is 95.2 Å². The summed E-state index contributed by atoms with van der Waals surface area (Å²) in [5.41, 5.74) is 0.908. The van der Waals surface area contributed by atoms with Crippen molar-refractivity contribution in [3.05, 3.63) is 23.9 Å². The van der Waals surface area contributed by atoms with Gasteiger partial charge in [0, 0.05) is 25.7 Å². The molecule has 3 heterocycles. The molecule has 2 aliphatic heterocycles. The molecule has 1 atom stereocenters. The minimum atomic E-state index is -0.265. The molecule has 0 spiro atoms. The third kappa shape index (κ3) is 5.24. The van der Waals surface area contributed by atoms with Crippen LogP contribution in [0.4, 0.5) is 5.82 Å². The van der Waals surface area contributed by atoms with Crippen LogP contribution in [0.2, 0.25) is 0 Å². The molecular weight excluding hydrogens is 318 g/mol. The monoisotopic (exact) mass is 345 g/mol. The van der Waals surface area contributed by atoms with Crippen LogP contribution < -0.4 is 21.3 Å². The Labute approximate surface area is 148 Å². The first kappa shape index (κ1) is 17.8. The summed E-state index contributed by atoms with van der Waals surface area (Å²) in [7, 11) is 0. The minimum Gasteiger partial charge on any atom is -0.369 e. The van der Waals surface area contributed by atoms with Crippen molar-refractivity contribution >= 4 is 17.6 Å². The normalized spacial score (nSPS) is 21.8. The zero-order valence-corrected chi connectivity index (χ0v) is 14.5. The molecule has 1 aromatic rings. The molecule has 2 aliphatic rings. The molecule has 2 saturated heterocycles. The van der Waals surface area contributed by atoms with E-state index in [-0.39, 0.29) is 17.7 Å². The number of nitrogens with one attached hydrogen (secondary N) is 4. The standard InChI is InChI=1S/C18H27N5O2/c24-17-2-1-15(18(25)23-17)14-5-8-21-16(11-14)22-10-9-20-12-13-3-6-19-7-4-13/h5,8,11,13,15,19-20H,1-4,6-7,9-10,12H2,(H,21,22)(H,23,24,25). The molecule has 136 valence electrons. The molecule has 25 heavy (non-hydrogen) atoms. The summed E-state index contributed by atoms with van der Waals surface area (Å²) in [6.07, 6.45) is 5.16. The van der Waals surface area contributed by atoms with Crippen LogP contribution in [0.3, 0.4) is 0 Å². The van der Waals surface area contributed by atoms with Gasteiger partial charge in [-0.2, -0.15) is 0 Å². The highest BCUT2D eigenvalue weighted by Gasteiger charge is 2.28. The molecule has 0 bridgehead atoms. The first-order chi connectivity index (χ1) is 12.2. The van der Waals surface area contributed by atoms with Crippen LogP contribution in [-0.4, -0.2) is 49.5 Å². The third-order valence-electron chi connectivity index (χ3n) is 4.93. The Hall–Kier alpha value is -1.99. The maximum atomic E-state index is 12.0. The Morgan fingerprint density at radius 3 is 2.80 bits per heavy atom. The number of hydrogen-bond donors (Lipinski definition) is 4. The number of amides is 2. The van der Waals surface area contributed by atoms with E-state index in [4.69, 9.17) is 0 Å².